The van der Waals surface area contributed by atoms with Crippen LogP contribution in [0.15, 0.2) is 42.5 Å². The predicted molar refractivity (Wildman–Crippen MR) is 117 cm³/mol. The van der Waals surface area contributed by atoms with Gasteiger partial charge in [-0.05, 0) is 29.8 Å². The molecule has 0 spiro atoms. The summed E-state index contributed by atoms with van der Waals surface area (Å²) in [5, 5.41) is 0.997. The Hall–Kier alpha value is -3.19. The number of halogens is 1. The molecule has 2 atom stereocenters. The van der Waals surface area contributed by atoms with Crippen LogP contribution in [-0.2, 0) is 20.7 Å². The molecule has 1 unspecified atom stereocenters. The van der Waals surface area contributed by atoms with Gasteiger partial charge in [-0.15, -0.1) is 11.6 Å². The summed E-state index contributed by atoms with van der Waals surface area (Å²) in [7, 11) is 4.45. The summed E-state index contributed by atoms with van der Waals surface area (Å²) in [6.07, 6.45) is 0.317. The van der Waals surface area contributed by atoms with E-state index in [2.05, 4.69) is 4.98 Å². The predicted octanol–water partition coefficient (Wildman–Crippen LogP) is 3.44. The maximum absolute atomic E-state index is 13.1. The van der Waals surface area contributed by atoms with E-state index in [-0.39, 0.29) is 11.8 Å². The minimum absolute atomic E-state index is 0.272. The van der Waals surface area contributed by atoms with Crippen LogP contribution >= 0.6 is 11.6 Å². The molecule has 1 aromatic heterocycles. The van der Waals surface area contributed by atoms with E-state index in [1.165, 1.54) is 12.0 Å². The number of aromatic nitrogens is 1. The molecule has 8 heteroatoms. The number of benzene rings is 2. The molecule has 2 heterocycles. The van der Waals surface area contributed by atoms with Gasteiger partial charge in [0.25, 0.3) is 0 Å². The van der Waals surface area contributed by atoms with Crippen molar-refractivity contribution in [1.82, 2.24) is 9.88 Å². The van der Waals surface area contributed by atoms with Gasteiger partial charge in [0.15, 0.2) is 0 Å². The van der Waals surface area contributed by atoms with Crippen LogP contribution in [0.5, 0.6) is 11.5 Å². The first-order valence-electron chi connectivity index (χ1n) is 9.80. The number of rotatable bonds is 5. The third-order valence-electron chi connectivity index (χ3n) is 5.74. The number of alkyl halides is 1. The number of hydrogen-bond donors (Lipinski definition) is 1. The van der Waals surface area contributed by atoms with Crippen molar-refractivity contribution in [2.75, 3.05) is 27.2 Å². The molecule has 162 valence electrons. The highest BCUT2D eigenvalue weighted by atomic mass is 35.5. The van der Waals surface area contributed by atoms with Gasteiger partial charge in [0.1, 0.15) is 29.5 Å². The van der Waals surface area contributed by atoms with Crippen molar-refractivity contribution in [3.8, 4) is 11.5 Å². The van der Waals surface area contributed by atoms with Crippen LogP contribution in [0.1, 0.15) is 22.9 Å². The molecular formula is C23H23ClN2O5. The molecule has 1 amide bonds. The lowest BCUT2D eigenvalue weighted by Gasteiger charge is -2.41. The largest absolute Gasteiger partial charge is 0.497 e. The molecule has 4 rings (SSSR count). The number of amides is 1. The fourth-order valence-electron chi connectivity index (χ4n) is 4.36. The second kappa shape index (κ2) is 8.51. The number of esters is 1. The molecule has 1 N–H and O–H groups in total. The number of fused-ring (bicyclic) bond motifs is 3. The van der Waals surface area contributed by atoms with Gasteiger partial charge in [-0.3, -0.25) is 4.79 Å². The van der Waals surface area contributed by atoms with Gasteiger partial charge < -0.3 is 24.1 Å². The first kappa shape index (κ1) is 21.1. The van der Waals surface area contributed by atoms with Gasteiger partial charge in [0, 0.05) is 28.6 Å². The van der Waals surface area contributed by atoms with Crippen LogP contribution in [-0.4, -0.2) is 55.0 Å². The number of nitrogens with zero attached hydrogens (tertiary/aromatic N) is 1. The van der Waals surface area contributed by atoms with Crippen molar-refractivity contribution in [3.05, 3.63) is 59.3 Å². The average Bonchev–Trinajstić information content (AvgIpc) is 3.19. The zero-order chi connectivity index (χ0) is 22.1. The molecular weight excluding hydrogens is 420 g/mol. The number of para-hydroxylation sites is 1. The Bertz CT molecular complexity index is 1140. The summed E-state index contributed by atoms with van der Waals surface area (Å²) in [5.74, 6) is 0.0176. The third kappa shape index (κ3) is 3.49. The summed E-state index contributed by atoms with van der Waals surface area (Å²) in [6.45, 7) is 0. The lowest BCUT2D eigenvalue weighted by Crippen LogP contribution is -2.52. The maximum Gasteiger partial charge on any atom is 0.328 e. The number of carbonyl (C=O) groups is 2. The SMILES string of the molecule is COC(=O)[C@@H]1Cc2c([nH]c3ccccc23)C(c2cc(OC)ccc2OC)N1C(=O)CCl. The van der Waals surface area contributed by atoms with Crippen molar-refractivity contribution < 1.29 is 23.8 Å². The Morgan fingerprint density at radius 2 is 1.90 bits per heavy atom. The molecule has 7 nitrogen and oxygen atoms in total. The normalized spacial score (nSPS) is 17.9. The van der Waals surface area contributed by atoms with Crippen LogP contribution in [0.4, 0.5) is 0 Å². The van der Waals surface area contributed by atoms with Crippen molar-refractivity contribution in [1.29, 1.82) is 0 Å². The Morgan fingerprint density at radius 3 is 2.58 bits per heavy atom. The molecule has 0 fully saturated rings. The first-order chi connectivity index (χ1) is 15.0. The highest BCUT2D eigenvalue weighted by Crippen LogP contribution is 2.44. The Kier molecular flexibility index (Phi) is 5.78. The smallest absolute Gasteiger partial charge is 0.328 e. The molecule has 31 heavy (non-hydrogen) atoms. The topological polar surface area (TPSA) is 80.9 Å². The van der Waals surface area contributed by atoms with E-state index >= 15 is 0 Å². The summed E-state index contributed by atoms with van der Waals surface area (Å²) in [5.41, 5.74) is 3.37. The van der Waals surface area contributed by atoms with Gasteiger partial charge in [0.05, 0.1) is 21.3 Å². The fourth-order valence-corrected chi connectivity index (χ4v) is 4.50. The van der Waals surface area contributed by atoms with Crippen molar-refractivity contribution in [2.24, 2.45) is 0 Å². The minimum Gasteiger partial charge on any atom is -0.497 e. The molecule has 2 aromatic carbocycles. The van der Waals surface area contributed by atoms with Gasteiger partial charge in [-0.2, -0.15) is 0 Å². The summed E-state index contributed by atoms with van der Waals surface area (Å²) < 4.78 is 16.1. The summed E-state index contributed by atoms with van der Waals surface area (Å²) >= 11 is 5.98. The highest BCUT2D eigenvalue weighted by molar-refractivity contribution is 6.27. The molecule has 0 saturated heterocycles. The zero-order valence-corrected chi connectivity index (χ0v) is 18.2. The number of H-pyrrole nitrogens is 1. The van der Waals surface area contributed by atoms with Gasteiger partial charge in [-0.25, -0.2) is 4.79 Å². The molecule has 0 aliphatic carbocycles. The van der Waals surface area contributed by atoms with Crippen molar-refractivity contribution in [3.63, 3.8) is 0 Å². The average molecular weight is 443 g/mol. The monoisotopic (exact) mass is 442 g/mol. The molecule has 0 saturated carbocycles. The number of nitrogens with one attached hydrogen (secondary N) is 1. The molecule has 3 aromatic rings. The van der Waals surface area contributed by atoms with E-state index in [0.717, 1.165) is 22.2 Å². The molecule has 1 aliphatic rings. The van der Waals surface area contributed by atoms with E-state index in [1.54, 1.807) is 26.4 Å². The second-order valence-electron chi connectivity index (χ2n) is 7.25. The quantitative estimate of drug-likeness (QED) is 0.483. The van der Waals surface area contributed by atoms with Gasteiger partial charge in [-0.1, -0.05) is 18.2 Å². The van der Waals surface area contributed by atoms with Crippen LogP contribution in [0.2, 0.25) is 0 Å². The van der Waals surface area contributed by atoms with Gasteiger partial charge >= 0.3 is 5.97 Å². The maximum atomic E-state index is 13.1. The zero-order valence-electron chi connectivity index (χ0n) is 17.5. The lowest BCUT2D eigenvalue weighted by molar-refractivity contribution is -0.154. The van der Waals surface area contributed by atoms with E-state index < -0.39 is 18.1 Å². The molecule has 0 bridgehead atoms. The Morgan fingerprint density at radius 1 is 1.13 bits per heavy atom. The summed E-state index contributed by atoms with van der Waals surface area (Å²) in [4.78, 5) is 30.8. The number of ether oxygens (including phenoxy) is 3. The number of hydrogen-bond acceptors (Lipinski definition) is 5. The number of methoxy groups -OCH3 is 3. The van der Waals surface area contributed by atoms with Crippen molar-refractivity contribution >= 4 is 34.4 Å². The summed E-state index contributed by atoms with van der Waals surface area (Å²) in [6, 6.07) is 11.7. The molecule has 1 aliphatic heterocycles. The third-order valence-corrected chi connectivity index (χ3v) is 5.97. The van der Waals surface area contributed by atoms with Crippen LogP contribution < -0.4 is 9.47 Å². The van der Waals surface area contributed by atoms with Crippen LogP contribution in [0, 0.1) is 0 Å². The highest BCUT2D eigenvalue weighted by Gasteiger charge is 2.44. The Balaban J connectivity index is 2.03. The number of aromatic amines is 1. The van der Waals surface area contributed by atoms with E-state index in [1.807, 2.05) is 30.3 Å². The van der Waals surface area contributed by atoms with Crippen molar-refractivity contribution in [2.45, 2.75) is 18.5 Å². The van der Waals surface area contributed by atoms with E-state index in [4.69, 9.17) is 25.8 Å². The van der Waals surface area contributed by atoms with Gasteiger partial charge in [0.2, 0.25) is 5.91 Å². The fraction of sp³-hybridized carbons (Fsp3) is 0.304. The molecule has 0 radical (unpaired) electrons. The van der Waals surface area contributed by atoms with E-state index in [0.29, 0.717) is 23.5 Å². The van der Waals surface area contributed by atoms with Crippen LogP contribution in [0.25, 0.3) is 10.9 Å². The Labute approximate surface area is 184 Å². The minimum atomic E-state index is -0.830. The van der Waals surface area contributed by atoms with E-state index in [9.17, 15) is 9.59 Å². The first-order valence-corrected chi connectivity index (χ1v) is 10.3. The number of carbonyl (C=O) groups excluding carboxylic acids is 2. The standard InChI is InChI=1S/C23H23ClN2O5/c1-29-13-8-9-19(30-2)16(10-13)22-21-15(14-6-4-5-7-17(14)25-21)11-18(23(28)31-3)26(22)20(27)12-24/h4-10,18,22,25H,11-12H2,1-3H3/t18-,22?/m0/s1. The second-order valence-corrected chi connectivity index (χ2v) is 7.52. The lowest BCUT2D eigenvalue weighted by atomic mass is 9.87. The van der Waals surface area contributed by atoms with Crippen LogP contribution in [0.3, 0.4) is 0 Å².